The molecule has 0 aromatic heterocycles. The van der Waals surface area contributed by atoms with Crippen molar-refractivity contribution in [2.45, 2.75) is 50.6 Å². The Morgan fingerprint density at radius 3 is 2.67 bits per heavy atom. The highest BCUT2D eigenvalue weighted by molar-refractivity contribution is 5.77. The minimum Gasteiger partial charge on any atom is -0.387 e. The van der Waals surface area contributed by atoms with Crippen LogP contribution in [0.25, 0.3) is 0 Å². The zero-order valence-corrected chi connectivity index (χ0v) is 13.1. The van der Waals surface area contributed by atoms with Crippen LogP contribution in [0.3, 0.4) is 0 Å². The second-order valence-electron chi connectivity index (χ2n) is 7.27. The fourth-order valence-corrected chi connectivity index (χ4v) is 3.88. The van der Waals surface area contributed by atoms with Crippen molar-refractivity contribution >= 4 is 5.91 Å². The van der Waals surface area contributed by atoms with E-state index < -0.39 is 22.9 Å². The number of hydrogen-bond acceptors (Lipinski definition) is 3. The van der Waals surface area contributed by atoms with Crippen molar-refractivity contribution in [1.82, 2.24) is 10.2 Å². The van der Waals surface area contributed by atoms with Gasteiger partial charge in [-0.05, 0) is 33.9 Å². The molecule has 2 aliphatic carbocycles. The summed E-state index contributed by atoms with van der Waals surface area (Å²) in [5.41, 5.74) is -2.17. The van der Waals surface area contributed by atoms with Crippen LogP contribution in [0.4, 0.5) is 8.78 Å². The van der Waals surface area contributed by atoms with E-state index in [0.29, 0.717) is 19.4 Å². The van der Waals surface area contributed by atoms with E-state index in [1.807, 2.05) is 19.0 Å². The van der Waals surface area contributed by atoms with E-state index in [4.69, 9.17) is 0 Å². The molecule has 3 unspecified atom stereocenters. The number of amides is 1. The highest BCUT2D eigenvalue weighted by atomic mass is 19.3. The Morgan fingerprint density at radius 2 is 2.10 bits per heavy atom. The topological polar surface area (TPSA) is 52.6 Å². The van der Waals surface area contributed by atoms with Crippen LogP contribution in [0, 0.1) is 11.3 Å². The summed E-state index contributed by atoms with van der Waals surface area (Å²) in [4.78, 5) is 13.8. The Bertz CT molecular complexity index is 412. The first-order valence-electron chi connectivity index (χ1n) is 7.62. The molecule has 21 heavy (non-hydrogen) atoms. The summed E-state index contributed by atoms with van der Waals surface area (Å²) in [6.07, 6.45) is 2.45. The second kappa shape index (κ2) is 5.47. The molecule has 4 nitrogen and oxygen atoms in total. The van der Waals surface area contributed by atoms with Gasteiger partial charge >= 0.3 is 0 Å². The van der Waals surface area contributed by atoms with Crippen molar-refractivity contribution in [2.75, 3.05) is 27.2 Å². The highest BCUT2D eigenvalue weighted by Crippen LogP contribution is 2.73. The van der Waals surface area contributed by atoms with Gasteiger partial charge in [-0.2, -0.15) is 0 Å². The Labute approximate surface area is 124 Å². The monoisotopic (exact) mass is 304 g/mol. The van der Waals surface area contributed by atoms with Gasteiger partial charge in [0, 0.05) is 25.4 Å². The molecule has 2 N–H and O–H groups in total. The summed E-state index contributed by atoms with van der Waals surface area (Å²) in [6, 6.07) is 0. The maximum atomic E-state index is 13.9. The van der Waals surface area contributed by atoms with E-state index in [9.17, 15) is 18.7 Å². The lowest BCUT2D eigenvalue weighted by atomic mass is 9.85. The Kier molecular flexibility index (Phi) is 4.32. The molecule has 122 valence electrons. The van der Waals surface area contributed by atoms with Crippen molar-refractivity contribution in [3.8, 4) is 0 Å². The number of rotatable bonds is 6. The van der Waals surface area contributed by atoms with Gasteiger partial charge in [-0.25, -0.2) is 8.78 Å². The van der Waals surface area contributed by atoms with Gasteiger partial charge < -0.3 is 15.3 Å². The summed E-state index contributed by atoms with van der Waals surface area (Å²) in [5, 5.41) is 12.7. The Hall–Kier alpha value is -0.750. The number of aliphatic hydroxyl groups is 1. The summed E-state index contributed by atoms with van der Waals surface area (Å²) in [6.45, 7) is 2.11. The molecule has 6 heteroatoms. The van der Waals surface area contributed by atoms with E-state index in [1.165, 1.54) is 0 Å². The largest absolute Gasteiger partial charge is 0.387 e. The molecule has 0 aromatic carbocycles. The third-order valence-electron chi connectivity index (χ3n) is 4.85. The maximum absolute atomic E-state index is 13.9. The van der Waals surface area contributed by atoms with Crippen LogP contribution in [0.2, 0.25) is 0 Å². The first-order chi connectivity index (χ1) is 9.61. The quantitative estimate of drug-likeness (QED) is 0.784. The predicted octanol–water partition coefficient (Wildman–Crippen LogP) is 1.63. The molecule has 0 aromatic rings. The van der Waals surface area contributed by atoms with E-state index in [1.54, 1.807) is 6.92 Å². The number of nitrogens with one attached hydrogen (secondary N) is 1. The third kappa shape index (κ3) is 3.21. The van der Waals surface area contributed by atoms with Crippen LogP contribution < -0.4 is 5.32 Å². The molecule has 2 fully saturated rings. The first-order valence-corrected chi connectivity index (χ1v) is 7.62. The van der Waals surface area contributed by atoms with Gasteiger partial charge in [-0.15, -0.1) is 0 Å². The SMILES string of the molecule is CN(C)CC(C)(O)CNC(=O)CC12CCCCC1C2(F)F. The number of likely N-dealkylation sites (N-methyl/N-ethyl adjacent to an activating group) is 1. The molecular formula is C15H26F2N2O2. The molecular weight excluding hydrogens is 278 g/mol. The molecule has 1 amide bonds. The maximum Gasteiger partial charge on any atom is 0.258 e. The predicted molar refractivity (Wildman–Crippen MR) is 76.1 cm³/mol. The van der Waals surface area contributed by atoms with Crippen molar-refractivity contribution in [3.63, 3.8) is 0 Å². The number of nitrogens with zero attached hydrogens (tertiary/aromatic N) is 1. The van der Waals surface area contributed by atoms with E-state index in [0.717, 1.165) is 12.8 Å². The fraction of sp³-hybridized carbons (Fsp3) is 0.933. The zero-order valence-electron chi connectivity index (χ0n) is 13.1. The molecule has 0 bridgehead atoms. The molecule has 0 aliphatic heterocycles. The lowest BCUT2D eigenvalue weighted by molar-refractivity contribution is -0.125. The minimum atomic E-state index is -2.69. The van der Waals surface area contributed by atoms with Crippen LogP contribution in [0.1, 0.15) is 39.0 Å². The molecule has 2 saturated carbocycles. The van der Waals surface area contributed by atoms with Crippen LogP contribution >= 0.6 is 0 Å². The van der Waals surface area contributed by atoms with Crippen LogP contribution in [-0.4, -0.2) is 54.6 Å². The highest BCUT2D eigenvalue weighted by Gasteiger charge is 2.80. The number of carbonyl (C=O) groups excluding carboxylic acids is 1. The third-order valence-corrected chi connectivity index (χ3v) is 4.85. The van der Waals surface area contributed by atoms with E-state index >= 15 is 0 Å². The average molecular weight is 304 g/mol. The molecule has 0 radical (unpaired) electrons. The normalized spacial score (nSPS) is 33.2. The molecule has 2 aliphatic rings. The first kappa shape index (κ1) is 16.6. The summed E-state index contributed by atoms with van der Waals surface area (Å²) in [5.74, 6) is -3.68. The molecule has 3 atom stereocenters. The number of halogens is 2. The standard InChI is InChI=1S/C15H26F2N2O2/c1-13(21,10-19(2)3)9-18-12(20)8-14-7-5-4-6-11(14)15(14,16)17/h11,21H,4-10H2,1-3H3,(H,18,20). The lowest BCUT2D eigenvalue weighted by Gasteiger charge is -2.27. The van der Waals surface area contributed by atoms with Crippen molar-refractivity contribution in [3.05, 3.63) is 0 Å². The van der Waals surface area contributed by atoms with Gasteiger partial charge in [-0.1, -0.05) is 12.8 Å². The number of hydrogen-bond donors (Lipinski definition) is 2. The Morgan fingerprint density at radius 1 is 1.43 bits per heavy atom. The molecule has 0 spiro atoms. The van der Waals surface area contributed by atoms with Crippen LogP contribution in [-0.2, 0) is 4.79 Å². The Balaban J connectivity index is 1.86. The minimum absolute atomic E-state index is 0.0797. The lowest BCUT2D eigenvalue weighted by Crippen LogP contribution is -2.47. The number of carbonyl (C=O) groups is 1. The van der Waals surface area contributed by atoms with Gasteiger partial charge in [0.05, 0.1) is 11.0 Å². The van der Waals surface area contributed by atoms with Gasteiger partial charge in [0.1, 0.15) is 0 Å². The second-order valence-corrected chi connectivity index (χ2v) is 7.27. The van der Waals surface area contributed by atoms with Crippen molar-refractivity contribution in [1.29, 1.82) is 0 Å². The average Bonchev–Trinajstić information content (AvgIpc) is 2.82. The van der Waals surface area contributed by atoms with Crippen LogP contribution in [0.15, 0.2) is 0 Å². The number of alkyl halides is 2. The number of fused-ring (bicyclic) bond motifs is 1. The molecule has 0 saturated heterocycles. The summed E-state index contributed by atoms with van der Waals surface area (Å²) < 4.78 is 27.9. The van der Waals surface area contributed by atoms with E-state index in [2.05, 4.69) is 5.32 Å². The van der Waals surface area contributed by atoms with Crippen molar-refractivity contribution < 1.29 is 18.7 Å². The zero-order chi connectivity index (χ0) is 15.9. The van der Waals surface area contributed by atoms with Crippen LogP contribution in [0.5, 0.6) is 0 Å². The van der Waals surface area contributed by atoms with Gasteiger partial charge in [0.2, 0.25) is 5.91 Å². The fourth-order valence-electron chi connectivity index (χ4n) is 3.88. The van der Waals surface area contributed by atoms with E-state index in [-0.39, 0.29) is 18.9 Å². The molecule has 0 heterocycles. The summed E-state index contributed by atoms with van der Waals surface area (Å²) in [7, 11) is 3.65. The van der Waals surface area contributed by atoms with Gasteiger partial charge in [0.25, 0.3) is 5.92 Å². The molecule has 2 rings (SSSR count). The van der Waals surface area contributed by atoms with Gasteiger partial charge in [0.15, 0.2) is 0 Å². The van der Waals surface area contributed by atoms with Gasteiger partial charge in [-0.3, -0.25) is 4.79 Å². The smallest absolute Gasteiger partial charge is 0.258 e. The summed E-state index contributed by atoms with van der Waals surface area (Å²) >= 11 is 0. The van der Waals surface area contributed by atoms with Crippen molar-refractivity contribution in [2.24, 2.45) is 11.3 Å².